The van der Waals surface area contributed by atoms with E-state index in [1.807, 2.05) is 11.6 Å². The highest BCUT2D eigenvalue weighted by atomic mass is 16.5. The zero-order valence-corrected chi connectivity index (χ0v) is 13.9. The molecule has 6 heteroatoms. The first-order chi connectivity index (χ1) is 11.1. The van der Waals surface area contributed by atoms with Crippen LogP contribution in [0.3, 0.4) is 0 Å². The molecule has 6 nitrogen and oxygen atoms in total. The van der Waals surface area contributed by atoms with Crippen molar-refractivity contribution in [2.75, 3.05) is 19.8 Å². The fraction of sp³-hybridized carbons (Fsp3) is 0.765. The lowest BCUT2D eigenvalue weighted by atomic mass is 9.85. The van der Waals surface area contributed by atoms with Gasteiger partial charge in [-0.1, -0.05) is 19.3 Å². The lowest BCUT2D eigenvalue weighted by Gasteiger charge is -2.32. The lowest BCUT2D eigenvalue weighted by molar-refractivity contribution is 0.00524. The van der Waals surface area contributed by atoms with Crippen molar-refractivity contribution in [1.82, 2.24) is 15.1 Å². The van der Waals surface area contributed by atoms with E-state index in [4.69, 9.17) is 4.74 Å². The highest BCUT2D eigenvalue weighted by molar-refractivity contribution is 5.95. The zero-order valence-electron chi connectivity index (χ0n) is 13.9. The van der Waals surface area contributed by atoms with E-state index >= 15 is 0 Å². The number of nitrogens with zero attached hydrogens (tertiary/aromatic N) is 2. The summed E-state index contributed by atoms with van der Waals surface area (Å²) in [6, 6.07) is 0.313. The van der Waals surface area contributed by atoms with E-state index in [0.29, 0.717) is 18.2 Å². The van der Waals surface area contributed by atoms with Crippen molar-refractivity contribution < 1.29 is 14.6 Å². The number of hydrogen-bond acceptors (Lipinski definition) is 4. The Bertz CT molecular complexity index is 543. The Morgan fingerprint density at radius 2 is 2.09 bits per heavy atom. The maximum Gasteiger partial charge on any atom is 0.254 e. The first-order valence-corrected chi connectivity index (χ1v) is 8.71. The first-order valence-electron chi connectivity index (χ1n) is 8.71. The number of carbonyl (C=O) groups is 1. The zero-order chi connectivity index (χ0) is 16.3. The minimum absolute atomic E-state index is 0.139. The summed E-state index contributed by atoms with van der Waals surface area (Å²) in [5.74, 6) is -0.139. The number of hydrogen-bond donors (Lipinski definition) is 2. The average molecular weight is 321 g/mol. The van der Waals surface area contributed by atoms with Crippen LogP contribution in [0.15, 0.2) is 6.20 Å². The second kappa shape index (κ2) is 7.01. The number of carbonyl (C=O) groups excluding carboxylic acids is 1. The van der Waals surface area contributed by atoms with Crippen molar-refractivity contribution in [2.24, 2.45) is 0 Å². The number of nitrogens with one attached hydrogen (secondary N) is 1. The largest absolute Gasteiger partial charge is 0.388 e. The molecule has 2 N–H and O–H groups in total. The van der Waals surface area contributed by atoms with Gasteiger partial charge in [-0.05, 0) is 32.6 Å². The second-order valence-electron chi connectivity index (χ2n) is 6.90. The van der Waals surface area contributed by atoms with Gasteiger partial charge in [0.1, 0.15) is 0 Å². The molecule has 1 aromatic heterocycles. The molecule has 0 bridgehead atoms. The summed E-state index contributed by atoms with van der Waals surface area (Å²) in [7, 11) is 0. The van der Waals surface area contributed by atoms with E-state index in [9.17, 15) is 9.90 Å². The number of rotatable bonds is 4. The molecule has 2 fully saturated rings. The van der Waals surface area contributed by atoms with Crippen LogP contribution >= 0.6 is 0 Å². The Morgan fingerprint density at radius 1 is 1.39 bits per heavy atom. The predicted molar refractivity (Wildman–Crippen MR) is 86.4 cm³/mol. The molecule has 2 heterocycles. The summed E-state index contributed by atoms with van der Waals surface area (Å²) in [6.45, 7) is 3.76. The molecule has 0 spiro atoms. The molecule has 23 heavy (non-hydrogen) atoms. The Kier molecular flexibility index (Phi) is 5.02. The summed E-state index contributed by atoms with van der Waals surface area (Å²) < 4.78 is 7.34. The topological polar surface area (TPSA) is 76.4 Å². The second-order valence-corrected chi connectivity index (χ2v) is 6.90. The third kappa shape index (κ3) is 3.75. The highest BCUT2D eigenvalue weighted by Crippen LogP contribution is 2.27. The standard InChI is InChI=1S/C17H27N3O3/c1-13-15(11-19-20(13)14-5-9-23-10-6-14)16(21)18-12-17(22)7-3-2-4-8-17/h11,14,22H,2-10,12H2,1H3,(H,18,21). The smallest absolute Gasteiger partial charge is 0.254 e. The Hall–Kier alpha value is -1.40. The van der Waals surface area contributed by atoms with Gasteiger partial charge in [-0.3, -0.25) is 9.48 Å². The minimum atomic E-state index is -0.738. The molecule has 0 aromatic carbocycles. The fourth-order valence-corrected chi connectivity index (χ4v) is 3.67. The quantitative estimate of drug-likeness (QED) is 0.889. The summed E-state index contributed by atoms with van der Waals surface area (Å²) in [4.78, 5) is 12.4. The van der Waals surface area contributed by atoms with Crippen LogP contribution in [0.25, 0.3) is 0 Å². The summed E-state index contributed by atoms with van der Waals surface area (Å²) in [5.41, 5.74) is 0.763. The molecular formula is C17H27N3O3. The maximum atomic E-state index is 12.4. The first kappa shape index (κ1) is 16.5. The molecule has 1 aliphatic carbocycles. The molecule has 1 aliphatic heterocycles. The summed E-state index contributed by atoms with van der Waals surface area (Å²) in [6.07, 6.45) is 8.30. The third-order valence-corrected chi connectivity index (χ3v) is 5.19. The van der Waals surface area contributed by atoms with E-state index in [2.05, 4.69) is 10.4 Å². The van der Waals surface area contributed by atoms with Crippen LogP contribution in [0.1, 0.15) is 67.0 Å². The van der Waals surface area contributed by atoms with Crippen molar-refractivity contribution in [3.63, 3.8) is 0 Å². The number of aliphatic hydroxyl groups is 1. The summed E-state index contributed by atoms with van der Waals surface area (Å²) in [5, 5.41) is 17.8. The minimum Gasteiger partial charge on any atom is -0.388 e. The van der Waals surface area contributed by atoms with Crippen molar-refractivity contribution >= 4 is 5.91 Å². The van der Waals surface area contributed by atoms with E-state index in [1.54, 1.807) is 6.20 Å². The number of aromatic nitrogens is 2. The SMILES string of the molecule is Cc1c(C(=O)NCC2(O)CCCCC2)cnn1C1CCOCC1. The molecule has 0 radical (unpaired) electrons. The van der Waals surface area contributed by atoms with Gasteiger partial charge < -0.3 is 15.2 Å². The fourth-order valence-electron chi connectivity index (χ4n) is 3.67. The van der Waals surface area contributed by atoms with Gasteiger partial charge in [-0.2, -0.15) is 5.10 Å². The monoisotopic (exact) mass is 321 g/mol. The van der Waals surface area contributed by atoms with Crippen LogP contribution in [0.2, 0.25) is 0 Å². The van der Waals surface area contributed by atoms with Gasteiger partial charge in [0, 0.05) is 25.5 Å². The molecule has 1 saturated heterocycles. The molecular weight excluding hydrogens is 294 g/mol. The van der Waals surface area contributed by atoms with E-state index in [-0.39, 0.29) is 5.91 Å². The van der Waals surface area contributed by atoms with Crippen LogP contribution in [-0.4, -0.2) is 46.2 Å². The normalized spacial score (nSPS) is 22.0. The molecule has 0 unspecified atom stereocenters. The Balaban J connectivity index is 1.62. The van der Waals surface area contributed by atoms with Gasteiger partial charge in [0.15, 0.2) is 0 Å². The van der Waals surface area contributed by atoms with Crippen LogP contribution in [0, 0.1) is 6.92 Å². The van der Waals surface area contributed by atoms with E-state index in [0.717, 1.165) is 57.4 Å². The molecule has 128 valence electrons. The van der Waals surface area contributed by atoms with Crippen LogP contribution in [0.5, 0.6) is 0 Å². The molecule has 3 rings (SSSR count). The van der Waals surface area contributed by atoms with Crippen molar-refractivity contribution in [1.29, 1.82) is 0 Å². The summed E-state index contributed by atoms with van der Waals surface area (Å²) >= 11 is 0. The van der Waals surface area contributed by atoms with Crippen LogP contribution in [0.4, 0.5) is 0 Å². The van der Waals surface area contributed by atoms with E-state index in [1.165, 1.54) is 6.42 Å². The van der Waals surface area contributed by atoms with Crippen LogP contribution in [-0.2, 0) is 4.74 Å². The van der Waals surface area contributed by atoms with Crippen molar-refractivity contribution in [3.05, 3.63) is 17.5 Å². The molecule has 1 aromatic rings. The third-order valence-electron chi connectivity index (χ3n) is 5.19. The number of amides is 1. The van der Waals surface area contributed by atoms with Gasteiger partial charge in [0.05, 0.1) is 23.4 Å². The number of ether oxygens (including phenoxy) is 1. The molecule has 1 saturated carbocycles. The molecule has 1 amide bonds. The maximum absolute atomic E-state index is 12.4. The Morgan fingerprint density at radius 3 is 2.78 bits per heavy atom. The lowest BCUT2D eigenvalue weighted by Crippen LogP contribution is -2.44. The molecule has 2 aliphatic rings. The highest BCUT2D eigenvalue weighted by Gasteiger charge is 2.30. The van der Waals surface area contributed by atoms with Gasteiger partial charge in [-0.25, -0.2) is 0 Å². The van der Waals surface area contributed by atoms with E-state index < -0.39 is 5.60 Å². The van der Waals surface area contributed by atoms with Gasteiger partial charge in [0.25, 0.3) is 5.91 Å². The van der Waals surface area contributed by atoms with Crippen LogP contribution < -0.4 is 5.32 Å². The van der Waals surface area contributed by atoms with Crippen molar-refractivity contribution in [3.8, 4) is 0 Å². The Labute approximate surface area is 137 Å². The predicted octanol–water partition coefficient (Wildman–Crippen LogP) is 1.97. The van der Waals surface area contributed by atoms with Gasteiger partial charge in [-0.15, -0.1) is 0 Å². The van der Waals surface area contributed by atoms with Gasteiger partial charge >= 0.3 is 0 Å². The average Bonchev–Trinajstić information content (AvgIpc) is 2.96. The van der Waals surface area contributed by atoms with Crippen molar-refractivity contribution in [2.45, 2.75) is 63.5 Å². The van der Waals surface area contributed by atoms with Gasteiger partial charge in [0.2, 0.25) is 0 Å². The molecule has 0 atom stereocenters.